The van der Waals surface area contributed by atoms with Gasteiger partial charge in [0.05, 0.1) is 17.0 Å². The van der Waals surface area contributed by atoms with E-state index in [1.165, 1.54) is 17.8 Å². The Morgan fingerprint density at radius 2 is 2.26 bits per heavy atom. The minimum absolute atomic E-state index is 0.0176. The third-order valence-corrected chi connectivity index (χ3v) is 3.63. The van der Waals surface area contributed by atoms with Crippen molar-refractivity contribution in [1.82, 2.24) is 9.55 Å². The highest BCUT2D eigenvalue weighted by molar-refractivity contribution is 7.99. The molecule has 1 aromatic carbocycles. The van der Waals surface area contributed by atoms with Crippen molar-refractivity contribution in [3.63, 3.8) is 0 Å². The van der Waals surface area contributed by atoms with Crippen molar-refractivity contribution >= 4 is 28.8 Å². The van der Waals surface area contributed by atoms with E-state index in [9.17, 15) is 9.18 Å². The fourth-order valence-electron chi connectivity index (χ4n) is 2.04. The molecule has 0 saturated heterocycles. The molecule has 0 fully saturated rings. The molecule has 1 aromatic heterocycles. The Morgan fingerprint density at radius 1 is 1.53 bits per heavy atom. The van der Waals surface area contributed by atoms with Crippen molar-refractivity contribution in [2.75, 3.05) is 5.75 Å². The van der Waals surface area contributed by atoms with Crippen LogP contribution in [0.3, 0.4) is 0 Å². The number of aromatic nitrogens is 2. The number of thioether (sulfide) groups is 1. The van der Waals surface area contributed by atoms with E-state index in [0.29, 0.717) is 17.1 Å². The Hall–Kier alpha value is -1.56. The van der Waals surface area contributed by atoms with Crippen molar-refractivity contribution in [3.8, 4) is 0 Å². The molecule has 0 amide bonds. The lowest BCUT2D eigenvalue weighted by molar-refractivity contribution is -0.133. The number of benzene rings is 1. The zero-order valence-corrected chi connectivity index (χ0v) is 11.6. The van der Waals surface area contributed by atoms with Gasteiger partial charge in [-0.25, -0.2) is 9.37 Å². The molecule has 0 unspecified atom stereocenters. The number of imidazole rings is 1. The van der Waals surface area contributed by atoms with E-state index in [1.54, 1.807) is 6.07 Å². The van der Waals surface area contributed by atoms with Gasteiger partial charge in [0.1, 0.15) is 11.3 Å². The number of fused-ring (bicyclic) bond motifs is 1. The molecule has 6 heteroatoms. The molecule has 2 aromatic rings. The lowest BCUT2D eigenvalue weighted by Crippen LogP contribution is -2.06. The van der Waals surface area contributed by atoms with Gasteiger partial charge in [-0.3, -0.25) is 4.79 Å². The van der Waals surface area contributed by atoms with Crippen molar-refractivity contribution in [3.05, 3.63) is 29.8 Å². The molecule has 0 spiro atoms. The Kier molecular flexibility index (Phi) is 4.09. The molecule has 0 radical (unpaired) electrons. The minimum atomic E-state index is -0.858. The van der Waals surface area contributed by atoms with E-state index in [1.807, 2.05) is 24.5 Å². The van der Waals surface area contributed by atoms with Gasteiger partial charge in [0, 0.05) is 6.04 Å². The third kappa shape index (κ3) is 2.89. The maximum atomic E-state index is 13.7. The summed E-state index contributed by atoms with van der Waals surface area (Å²) in [5, 5.41) is 8.65. The fraction of sp³-hybridized carbons (Fsp3) is 0.385. The number of nitrogens with zero attached hydrogens (tertiary/aromatic N) is 2. The Bertz CT molecular complexity index is 610. The number of hydrogen-bond acceptors (Lipinski definition) is 3. The molecule has 4 nitrogen and oxygen atoms in total. The van der Waals surface area contributed by atoms with Crippen LogP contribution in [-0.4, -0.2) is 26.4 Å². The number of para-hydroxylation sites is 1. The van der Waals surface area contributed by atoms with E-state index in [-0.39, 0.29) is 17.6 Å². The smallest absolute Gasteiger partial charge is 0.313 e. The summed E-state index contributed by atoms with van der Waals surface area (Å²) in [5.74, 6) is -0.0197. The SMILES string of the molecule is CC(C)n1c(CSCC(=O)O)nc2c(F)cccc21. The van der Waals surface area contributed by atoms with Gasteiger partial charge >= 0.3 is 5.97 Å². The third-order valence-electron chi connectivity index (χ3n) is 2.72. The maximum Gasteiger partial charge on any atom is 0.313 e. The molecule has 1 N–H and O–H groups in total. The average molecular weight is 282 g/mol. The van der Waals surface area contributed by atoms with Gasteiger partial charge in [-0.05, 0) is 26.0 Å². The first-order valence-corrected chi connectivity index (χ1v) is 7.11. The number of carbonyl (C=O) groups is 1. The Labute approximate surface area is 114 Å². The monoisotopic (exact) mass is 282 g/mol. The minimum Gasteiger partial charge on any atom is -0.481 e. The maximum absolute atomic E-state index is 13.7. The van der Waals surface area contributed by atoms with Crippen molar-refractivity contribution in [2.24, 2.45) is 0 Å². The van der Waals surface area contributed by atoms with Crippen LogP contribution in [0.15, 0.2) is 18.2 Å². The molecule has 19 heavy (non-hydrogen) atoms. The lowest BCUT2D eigenvalue weighted by atomic mass is 10.3. The predicted molar refractivity (Wildman–Crippen MR) is 73.9 cm³/mol. The van der Waals surface area contributed by atoms with E-state index in [0.717, 1.165) is 5.52 Å². The van der Waals surface area contributed by atoms with Crippen LogP contribution in [0.4, 0.5) is 4.39 Å². The van der Waals surface area contributed by atoms with Crippen LogP contribution in [0.5, 0.6) is 0 Å². The molecule has 0 aliphatic carbocycles. The Balaban J connectivity index is 2.39. The molecule has 0 aliphatic rings. The summed E-state index contributed by atoms with van der Waals surface area (Å²) in [4.78, 5) is 14.8. The quantitative estimate of drug-likeness (QED) is 0.915. The van der Waals surface area contributed by atoms with Gasteiger partial charge < -0.3 is 9.67 Å². The average Bonchev–Trinajstić information content (AvgIpc) is 2.68. The molecule has 0 atom stereocenters. The summed E-state index contributed by atoms with van der Waals surface area (Å²) in [6.45, 7) is 3.99. The van der Waals surface area contributed by atoms with Crippen LogP contribution in [-0.2, 0) is 10.5 Å². The molecular formula is C13H15FN2O2S. The number of aliphatic carboxylic acids is 1. The van der Waals surface area contributed by atoms with Crippen LogP contribution in [0.2, 0.25) is 0 Å². The van der Waals surface area contributed by atoms with E-state index >= 15 is 0 Å². The lowest BCUT2D eigenvalue weighted by Gasteiger charge is -2.12. The first kappa shape index (κ1) is 13.9. The van der Waals surface area contributed by atoms with Crippen LogP contribution in [0.25, 0.3) is 11.0 Å². The summed E-state index contributed by atoms with van der Waals surface area (Å²) in [6.07, 6.45) is 0. The zero-order valence-electron chi connectivity index (χ0n) is 10.8. The molecule has 102 valence electrons. The van der Waals surface area contributed by atoms with Gasteiger partial charge in [-0.1, -0.05) is 6.07 Å². The van der Waals surface area contributed by atoms with E-state index in [2.05, 4.69) is 4.98 Å². The highest BCUT2D eigenvalue weighted by Crippen LogP contribution is 2.25. The zero-order chi connectivity index (χ0) is 14.0. The topological polar surface area (TPSA) is 55.1 Å². The highest BCUT2D eigenvalue weighted by atomic mass is 32.2. The van der Waals surface area contributed by atoms with E-state index in [4.69, 9.17) is 5.11 Å². The number of carboxylic acids is 1. The number of halogens is 1. The summed E-state index contributed by atoms with van der Waals surface area (Å²) in [7, 11) is 0. The molecule has 2 rings (SSSR count). The second-order valence-corrected chi connectivity index (χ2v) is 5.47. The largest absolute Gasteiger partial charge is 0.481 e. The number of hydrogen-bond donors (Lipinski definition) is 1. The van der Waals surface area contributed by atoms with Crippen molar-refractivity contribution < 1.29 is 14.3 Å². The van der Waals surface area contributed by atoms with Gasteiger partial charge in [0.25, 0.3) is 0 Å². The number of carboxylic acid groups (broad SMARTS) is 1. The molecule has 0 bridgehead atoms. The molecule has 0 aliphatic heterocycles. The normalized spacial score (nSPS) is 11.4. The van der Waals surface area contributed by atoms with Crippen LogP contribution < -0.4 is 0 Å². The van der Waals surface area contributed by atoms with Gasteiger partial charge in [-0.15, -0.1) is 11.8 Å². The van der Waals surface area contributed by atoms with Crippen molar-refractivity contribution in [2.45, 2.75) is 25.6 Å². The molecule has 0 saturated carbocycles. The van der Waals surface area contributed by atoms with Gasteiger partial charge in [0.15, 0.2) is 5.82 Å². The van der Waals surface area contributed by atoms with Crippen LogP contribution >= 0.6 is 11.8 Å². The first-order chi connectivity index (χ1) is 9.00. The molecular weight excluding hydrogens is 267 g/mol. The second-order valence-electron chi connectivity index (χ2n) is 4.49. The highest BCUT2D eigenvalue weighted by Gasteiger charge is 2.15. The number of rotatable bonds is 5. The van der Waals surface area contributed by atoms with E-state index < -0.39 is 5.97 Å². The van der Waals surface area contributed by atoms with Gasteiger partial charge in [-0.2, -0.15) is 0 Å². The van der Waals surface area contributed by atoms with Crippen molar-refractivity contribution in [1.29, 1.82) is 0 Å². The predicted octanol–water partition coefficient (Wildman–Crippen LogP) is 3.07. The van der Waals surface area contributed by atoms with Crippen LogP contribution in [0, 0.1) is 5.82 Å². The summed E-state index contributed by atoms with van der Waals surface area (Å²) < 4.78 is 15.7. The first-order valence-electron chi connectivity index (χ1n) is 5.95. The summed E-state index contributed by atoms with van der Waals surface area (Å²) >= 11 is 1.26. The standard InChI is InChI=1S/C13H15FN2O2S/c1-8(2)16-10-5-3-4-9(14)13(10)15-11(16)6-19-7-12(17)18/h3-5,8H,6-7H2,1-2H3,(H,17,18). The Morgan fingerprint density at radius 3 is 2.89 bits per heavy atom. The summed E-state index contributed by atoms with van der Waals surface area (Å²) in [6, 6.07) is 5.02. The molecule has 1 heterocycles. The fourth-order valence-corrected chi connectivity index (χ4v) is 2.70. The summed E-state index contributed by atoms with van der Waals surface area (Å²) in [5.41, 5.74) is 1.10. The van der Waals surface area contributed by atoms with Gasteiger partial charge in [0.2, 0.25) is 0 Å². The van der Waals surface area contributed by atoms with Crippen LogP contribution in [0.1, 0.15) is 25.7 Å². The second kappa shape index (κ2) is 5.61.